The van der Waals surface area contributed by atoms with Crippen molar-refractivity contribution in [3.63, 3.8) is 0 Å². The van der Waals surface area contributed by atoms with E-state index >= 15 is 0 Å². The molecule has 0 radical (unpaired) electrons. The molecule has 1 aliphatic heterocycles. The highest BCUT2D eigenvalue weighted by Crippen LogP contribution is 2.38. The van der Waals surface area contributed by atoms with Crippen LogP contribution in [0.15, 0.2) is 0 Å². The highest BCUT2D eigenvalue weighted by Gasteiger charge is 2.44. The van der Waals surface area contributed by atoms with E-state index in [9.17, 15) is 0 Å². The van der Waals surface area contributed by atoms with Gasteiger partial charge in [-0.15, -0.1) is 11.2 Å². The van der Waals surface area contributed by atoms with E-state index in [1.54, 1.807) is 0 Å². The fraction of sp³-hybridized carbons (Fsp3) is 1.00. The standard InChI is InChI=1S/C9H20O2SSi/c1-8(2)10-13(11-9(3)4)7-5-6-12-13/h8-9H,5-7H2,1-4H3. The summed E-state index contributed by atoms with van der Waals surface area (Å²) in [5.74, 6) is 1.21. The SMILES string of the molecule is CC(C)O[Si]1(OC(C)C)CCCS1. The summed E-state index contributed by atoms with van der Waals surface area (Å²) in [5.41, 5.74) is 0. The van der Waals surface area contributed by atoms with Crippen LogP contribution in [0.1, 0.15) is 34.1 Å². The first-order chi connectivity index (χ1) is 6.04. The molecule has 1 aliphatic rings. The van der Waals surface area contributed by atoms with Gasteiger partial charge in [0, 0.05) is 18.3 Å². The zero-order valence-electron chi connectivity index (χ0n) is 9.00. The summed E-state index contributed by atoms with van der Waals surface area (Å²) in [7, 11) is -1.84. The maximum Gasteiger partial charge on any atom is 0.406 e. The topological polar surface area (TPSA) is 18.5 Å². The average Bonchev–Trinajstić information content (AvgIpc) is 2.33. The molecule has 0 aromatic heterocycles. The van der Waals surface area contributed by atoms with Gasteiger partial charge in [0.05, 0.1) is 0 Å². The van der Waals surface area contributed by atoms with Crippen molar-refractivity contribution in [2.45, 2.75) is 52.4 Å². The number of rotatable bonds is 4. The molecular weight excluding hydrogens is 200 g/mol. The third-order valence-electron chi connectivity index (χ3n) is 1.78. The summed E-state index contributed by atoms with van der Waals surface area (Å²) in [6, 6.07) is 1.16. The Kier molecular flexibility index (Phi) is 4.29. The van der Waals surface area contributed by atoms with Crippen molar-refractivity contribution in [3.05, 3.63) is 0 Å². The molecule has 1 heterocycles. The molecule has 78 valence electrons. The van der Waals surface area contributed by atoms with Crippen LogP contribution in [0.5, 0.6) is 0 Å². The van der Waals surface area contributed by atoms with E-state index in [1.165, 1.54) is 12.2 Å². The first-order valence-electron chi connectivity index (χ1n) is 5.04. The summed E-state index contributed by atoms with van der Waals surface area (Å²) in [5, 5.41) is 0. The van der Waals surface area contributed by atoms with Crippen LogP contribution in [0.2, 0.25) is 6.04 Å². The van der Waals surface area contributed by atoms with Crippen molar-refractivity contribution in [1.82, 2.24) is 0 Å². The molecule has 0 unspecified atom stereocenters. The Morgan fingerprint density at radius 2 is 1.62 bits per heavy atom. The van der Waals surface area contributed by atoms with Gasteiger partial charge in [0.1, 0.15) is 0 Å². The van der Waals surface area contributed by atoms with E-state index in [-0.39, 0.29) is 0 Å². The minimum atomic E-state index is -1.84. The lowest BCUT2D eigenvalue weighted by Gasteiger charge is -2.29. The Labute approximate surface area is 86.3 Å². The fourth-order valence-electron chi connectivity index (χ4n) is 1.52. The van der Waals surface area contributed by atoms with Crippen molar-refractivity contribution in [2.75, 3.05) is 5.75 Å². The molecule has 0 aromatic carbocycles. The third-order valence-corrected chi connectivity index (χ3v) is 8.46. The second-order valence-electron chi connectivity index (χ2n) is 3.97. The first-order valence-corrected chi connectivity index (χ1v) is 8.77. The van der Waals surface area contributed by atoms with Gasteiger partial charge in [-0.25, -0.2) is 0 Å². The molecule has 1 rings (SSSR count). The van der Waals surface area contributed by atoms with E-state index in [0.29, 0.717) is 12.2 Å². The van der Waals surface area contributed by atoms with Gasteiger partial charge in [0.15, 0.2) is 0 Å². The Balaban J connectivity index is 2.52. The number of hydrogen-bond acceptors (Lipinski definition) is 3. The van der Waals surface area contributed by atoms with Crippen LogP contribution in [-0.2, 0) is 8.85 Å². The van der Waals surface area contributed by atoms with Crippen LogP contribution in [0, 0.1) is 0 Å². The highest BCUT2D eigenvalue weighted by molar-refractivity contribution is 8.27. The molecule has 0 spiro atoms. The van der Waals surface area contributed by atoms with Crippen LogP contribution in [0.25, 0.3) is 0 Å². The van der Waals surface area contributed by atoms with E-state index in [2.05, 4.69) is 27.7 Å². The quantitative estimate of drug-likeness (QED) is 0.679. The van der Waals surface area contributed by atoms with E-state index < -0.39 is 7.71 Å². The third kappa shape index (κ3) is 3.62. The smallest absolute Gasteiger partial charge is 0.384 e. The molecular formula is C9H20O2SSi. The maximum atomic E-state index is 5.99. The van der Waals surface area contributed by atoms with Crippen LogP contribution < -0.4 is 0 Å². The van der Waals surface area contributed by atoms with Crippen molar-refractivity contribution in [2.24, 2.45) is 0 Å². The lowest BCUT2D eigenvalue weighted by atomic mass is 10.5. The average molecular weight is 220 g/mol. The second kappa shape index (κ2) is 4.82. The fourth-order valence-corrected chi connectivity index (χ4v) is 8.79. The summed E-state index contributed by atoms with van der Waals surface area (Å²) in [4.78, 5) is 0. The minimum absolute atomic E-state index is 0.302. The van der Waals surface area contributed by atoms with Crippen LogP contribution in [0.3, 0.4) is 0 Å². The van der Waals surface area contributed by atoms with Gasteiger partial charge in [0.25, 0.3) is 0 Å². The Bertz CT molecular complexity index is 144. The predicted octanol–water partition coefficient (Wildman–Crippen LogP) is 2.91. The van der Waals surface area contributed by atoms with E-state index in [4.69, 9.17) is 8.85 Å². The summed E-state index contributed by atoms with van der Waals surface area (Å²) < 4.78 is 12.0. The Morgan fingerprint density at radius 1 is 1.08 bits per heavy atom. The zero-order chi connectivity index (χ0) is 9.90. The molecule has 0 aliphatic carbocycles. The Hall–Kier alpha value is 0.487. The van der Waals surface area contributed by atoms with Gasteiger partial charge in [0.2, 0.25) is 0 Å². The maximum absolute atomic E-state index is 5.99. The normalized spacial score (nSPS) is 21.7. The molecule has 0 aromatic rings. The molecule has 0 amide bonds. The van der Waals surface area contributed by atoms with Gasteiger partial charge in [-0.1, -0.05) is 0 Å². The molecule has 2 nitrogen and oxygen atoms in total. The largest absolute Gasteiger partial charge is 0.406 e. The minimum Gasteiger partial charge on any atom is -0.384 e. The van der Waals surface area contributed by atoms with Crippen LogP contribution in [0.4, 0.5) is 0 Å². The molecule has 0 bridgehead atoms. The van der Waals surface area contributed by atoms with Crippen LogP contribution in [-0.4, -0.2) is 25.7 Å². The van der Waals surface area contributed by atoms with E-state index in [0.717, 1.165) is 6.04 Å². The van der Waals surface area contributed by atoms with Gasteiger partial charge >= 0.3 is 7.71 Å². The molecule has 13 heavy (non-hydrogen) atoms. The summed E-state index contributed by atoms with van der Waals surface area (Å²) >= 11 is 1.94. The van der Waals surface area contributed by atoms with E-state index in [1.807, 2.05) is 11.2 Å². The first kappa shape index (κ1) is 11.6. The molecule has 1 fully saturated rings. The highest BCUT2D eigenvalue weighted by atomic mass is 32.4. The van der Waals surface area contributed by atoms with Crippen molar-refractivity contribution in [1.29, 1.82) is 0 Å². The lowest BCUT2D eigenvalue weighted by molar-refractivity contribution is 0.124. The lowest BCUT2D eigenvalue weighted by Crippen LogP contribution is -2.40. The summed E-state index contributed by atoms with van der Waals surface area (Å²) in [6.45, 7) is 8.38. The predicted molar refractivity (Wildman–Crippen MR) is 60.1 cm³/mol. The van der Waals surface area contributed by atoms with Gasteiger partial charge in [-0.2, -0.15) is 0 Å². The molecule has 0 atom stereocenters. The molecule has 1 saturated heterocycles. The Morgan fingerprint density at radius 3 is 1.92 bits per heavy atom. The van der Waals surface area contributed by atoms with Gasteiger partial charge in [-0.05, 0) is 39.9 Å². The molecule has 0 saturated carbocycles. The van der Waals surface area contributed by atoms with Crippen molar-refractivity contribution < 1.29 is 8.85 Å². The molecule has 0 N–H and O–H groups in total. The van der Waals surface area contributed by atoms with Crippen LogP contribution >= 0.6 is 11.2 Å². The zero-order valence-corrected chi connectivity index (χ0v) is 10.8. The van der Waals surface area contributed by atoms with Crippen molar-refractivity contribution in [3.8, 4) is 0 Å². The monoisotopic (exact) mass is 220 g/mol. The summed E-state index contributed by atoms with van der Waals surface area (Å²) in [6.07, 6.45) is 1.86. The second-order valence-corrected chi connectivity index (χ2v) is 9.73. The molecule has 4 heteroatoms. The van der Waals surface area contributed by atoms with Gasteiger partial charge in [-0.3, -0.25) is 0 Å². The van der Waals surface area contributed by atoms with Gasteiger partial charge < -0.3 is 8.85 Å². The number of hydrogen-bond donors (Lipinski definition) is 0. The van der Waals surface area contributed by atoms with Crippen molar-refractivity contribution >= 4 is 18.9 Å².